The first kappa shape index (κ1) is 2560. The van der Waals surface area contributed by atoms with Crippen LogP contribution in [0.2, 0.25) is 0 Å². The van der Waals surface area contributed by atoms with Gasteiger partial charge in [0.15, 0.2) is 0 Å². The minimum absolute atomic E-state index is 0. The van der Waals surface area contributed by atoms with E-state index in [9.17, 15) is 0 Å². The first-order chi connectivity index (χ1) is 0. The molecule has 0 N–H and O–H groups in total. The van der Waals surface area contributed by atoms with E-state index in [2.05, 4.69) is 0 Å². The molecule has 0 nitrogen and oxygen atoms in total. The van der Waals surface area contributed by atoms with E-state index in [-0.39, 0.29) is 76.5 Å². The Kier molecular flexibility index (Phi) is 508000. The van der Waals surface area contributed by atoms with Gasteiger partial charge in [-0.15, -0.1) is 0 Å². The molecule has 0 aliphatic rings. The zero-order valence-electron chi connectivity index (χ0n) is 0.302. The third-order valence-corrected chi connectivity index (χ3v) is 0. The standard InChI is InChI=1S/8CH4.Cu/h8*1H4;. The molecule has 75 valence electrons. The van der Waals surface area contributed by atoms with Crippen molar-refractivity contribution in [2.45, 2.75) is 59.4 Å². The van der Waals surface area contributed by atoms with Gasteiger partial charge >= 0.3 is 0 Å². The third-order valence-electron chi connectivity index (χ3n) is 0. The summed E-state index contributed by atoms with van der Waals surface area (Å²) in [6.07, 6.45) is 0. The van der Waals surface area contributed by atoms with Gasteiger partial charge in [-0.2, -0.15) is 0 Å². The van der Waals surface area contributed by atoms with E-state index in [1.54, 1.807) is 0 Å². The molecule has 1 heteroatoms. The Bertz CT molecular complexity index is 4.53. The molecule has 0 rings (SSSR count). The maximum atomic E-state index is 0. The summed E-state index contributed by atoms with van der Waals surface area (Å²) in [5.74, 6) is 0. The molecule has 0 aromatic heterocycles. The topological polar surface area (TPSA) is 0 Å². The summed E-state index contributed by atoms with van der Waals surface area (Å²) in [6.45, 7) is 0. The van der Waals surface area contributed by atoms with Crippen molar-refractivity contribution in [3.63, 3.8) is 0 Å². The van der Waals surface area contributed by atoms with Gasteiger partial charge in [0.2, 0.25) is 0 Å². The van der Waals surface area contributed by atoms with Crippen LogP contribution < -0.4 is 0 Å². The Hall–Kier alpha value is 0.519. The smallest absolute Gasteiger partial charge is 0 e. The molecule has 0 amide bonds. The number of hydrogen-bond acceptors (Lipinski definition) is 0. The van der Waals surface area contributed by atoms with Crippen LogP contribution in [0.25, 0.3) is 0 Å². The van der Waals surface area contributed by atoms with Crippen molar-refractivity contribution in [1.82, 2.24) is 0 Å². The molecule has 0 heterocycles. The Labute approximate surface area is 76.9 Å². The molecule has 0 aromatic rings. The van der Waals surface area contributed by atoms with E-state index in [0.29, 0.717) is 0 Å². The van der Waals surface area contributed by atoms with Crippen molar-refractivity contribution in [2.75, 3.05) is 0 Å². The van der Waals surface area contributed by atoms with Crippen LogP contribution in [0.1, 0.15) is 59.4 Å². The first-order valence-electron chi connectivity index (χ1n) is 0. The summed E-state index contributed by atoms with van der Waals surface area (Å²) in [4.78, 5) is 0. The molecule has 9 heavy (non-hydrogen) atoms. The van der Waals surface area contributed by atoms with Crippen molar-refractivity contribution in [3.8, 4) is 0 Å². The molecule has 0 fully saturated rings. The number of rotatable bonds is 0. The van der Waals surface area contributed by atoms with E-state index in [1.807, 2.05) is 0 Å². The fraction of sp³-hybridized carbons (Fsp3) is 1.00. The second-order valence-electron chi connectivity index (χ2n) is 0. The summed E-state index contributed by atoms with van der Waals surface area (Å²) in [7, 11) is 0. The van der Waals surface area contributed by atoms with Crippen molar-refractivity contribution >= 4 is 0 Å². The zero-order chi connectivity index (χ0) is 0. The van der Waals surface area contributed by atoms with E-state index in [1.165, 1.54) is 0 Å². The van der Waals surface area contributed by atoms with Crippen molar-refractivity contribution in [3.05, 3.63) is 0 Å². The van der Waals surface area contributed by atoms with Crippen LogP contribution in [-0.2, 0) is 17.1 Å². The summed E-state index contributed by atoms with van der Waals surface area (Å²) >= 11 is 0. The molecule has 0 saturated carbocycles. The van der Waals surface area contributed by atoms with Crippen molar-refractivity contribution in [2.24, 2.45) is 0 Å². The van der Waals surface area contributed by atoms with Gasteiger partial charge in [0.05, 0.1) is 0 Å². The molecular weight excluding hydrogens is 160 g/mol. The summed E-state index contributed by atoms with van der Waals surface area (Å²) < 4.78 is 0. The van der Waals surface area contributed by atoms with Gasteiger partial charge in [-0.05, 0) is 0 Å². The van der Waals surface area contributed by atoms with Crippen LogP contribution >= 0.6 is 0 Å². The minimum atomic E-state index is 0. The first-order valence-corrected chi connectivity index (χ1v) is 0. The van der Waals surface area contributed by atoms with E-state index >= 15 is 0 Å². The largest absolute Gasteiger partial charge is 0.0776 e. The van der Waals surface area contributed by atoms with E-state index < -0.39 is 0 Å². The molecule has 0 spiro atoms. The molecule has 0 aliphatic heterocycles. The average Bonchev–Trinajstić information content (AvgIpc) is 0. The van der Waals surface area contributed by atoms with E-state index in [0.717, 1.165) is 0 Å². The maximum Gasteiger partial charge on any atom is 0 e. The SMILES string of the molecule is C.C.C.C.C.C.C.C.[Cu]. The molecule has 0 aromatic carbocycles. The van der Waals surface area contributed by atoms with Gasteiger partial charge in [0.1, 0.15) is 0 Å². The molecule has 1 radical (unpaired) electrons. The molecule has 0 saturated heterocycles. The minimum Gasteiger partial charge on any atom is -0.0776 e. The predicted octanol–water partition coefficient (Wildman–Crippen LogP) is 5.09. The van der Waals surface area contributed by atoms with Crippen LogP contribution in [0.4, 0.5) is 0 Å². The van der Waals surface area contributed by atoms with Gasteiger partial charge in [0.25, 0.3) is 0 Å². The summed E-state index contributed by atoms with van der Waals surface area (Å²) in [5.41, 5.74) is 0. The second kappa shape index (κ2) is 1790. The Morgan fingerprint density at radius 3 is 0.222 bits per heavy atom. The van der Waals surface area contributed by atoms with Crippen LogP contribution in [0, 0.1) is 0 Å². The van der Waals surface area contributed by atoms with Gasteiger partial charge in [-0.1, -0.05) is 59.4 Å². The quantitative estimate of drug-likeness (QED) is 0.469. The predicted molar refractivity (Wildman–Crippen MR) is 53.8 cm³/mol. The monoisotopic (exact) mass is 191 g/mol. The van der Waals surface area contributed by atoms with Gasteiger partial charge in [0, 0.05) is 17.1 Å². The third kappa shape index (κ3) is 1340. The normalized spacial score (nSPS) is 0. The van der Waals surface area contributed by atoms with Crippen LogP contribution in [0.5, 0.6) is 0 Å². The molecule has 0 unspecified atom stereocenters. The molecule has 0 bridgehead atoms. The van der Waals surface area contributed by atoms with Crippen molar-refractivity contribution in [1.29, 1.82) is 0 Å². The Morgan fingerprint density at radius 1 is 0.222 bits per heavy atom. The maximum absolute atomic E-state index is 0. The molecule has 0 atom stereocenters. The van der Waals surface area contributed by atoms with Crippen molar-refractivity contribution < 1.29 is 17.1 Å². The molecular formula is C8H32Cu. The summed E-state index contributed by atoms with van der Waals surface area (Å²) in [5, 5.41) is 0. The van der Waals surface area contributed by atoms with Crippen LogP contribution in [0.3, 0.4) is 0 Å². The fourth-order valence-electron chi connectivity index (χ4n) is 0. The fourth-order valence-corrected chi connectivity index (χ4v) is 0. The average molecular weight is 192 g/mol. The Morgan fingerprint density at radius 2 is 0.222 bits per heavy atom. The Balaban J connectivity index is 0. The van der Waals surface area contributed by atoms with Gasteiger partial charge < -0.3 is 0 Å². The van der Waals surface area contributed by atoms with E-state index in [4.69, 9.17) is 0 Å². The van der Waals surface area contributed by atoms with Crippen LogP contribution in [0.15, 0.2) is 0 Å². The number of hydrogen-bond donors (Lipinski definition) is 0. The van der Waals surface area contributed by atoms with Gasteiger partial charge in [-0.25, -0.2) is 0 Å². The summed E-state index contributed by atoms with van der Waals surface area (Å²) in [6, 6.07) is 0. The molecule has 0 aliphatic carbocycles. The van der Waals surface area contributed by atoms with Gasteiger partial charge in [-0.3, -0.25) is 0 Å². The zero-order valence-corrected chi connectivity index (χ0v) is 1.24. The van der Waals surface area contributed by atoms with Crippen LogP contribution in [-0.4, -0.2) is 0 Å². The second-order valence-corrected chi connectivity index (χ2v) is 0.